The fraction of sp³-hybridized carbons (Fsp3) is 0.0667. The summed E-state index contributed by atoms with van der Waals surface area (Å²) in [5, 5.41) is 9.12. The third-order valence-corrected chi connectivity index (χ3v) is 2.91. The van der Waals surface area contributed by atoms with E-state index in [-0.39, 0.29) is 22.4 Å². The zero-order chi connectivity index (χ0) is 14.7. The van der Waals surface area contributed by atoms with Crippen LogP contribution in [-0.4, -0.2) is 24.0 Å². The minimum atomic E-state index is -1.16. The molecule has 0 saturated heterocycles. The van der Waals surface area contributed by atoms with Crippen LogP contribution in [0.4, 0.5) is 5.69 Å². The van der Waals surface area contributed by atoms with Crippen LogP contribution >= 0.6 is 0 Å². The molecule has 0 aliphatic carbocycles. The molecule has 0 radical (unpaired) electrons. The second-order valence-corrected chi connectivity index (χ2v) is 4.13. The van der Waals surface area contributed by atoms with E-state index in [4.69, 9.17) is 15.6 Å². The molecule has 0 aliphatic rings. The van der Waals surface area contributed by atoms with Gasteiger partial charge in [-0.05, 0) is 24.3 Å². The first-order valence-corrected chi connectivity index (χ1v) is 5.85. The highest BCUT2D eigenvalue weighted by molar-refractivity contribution is 6.16. The van der Waals surface area contributed by atoms with Gasteiger partial charge in [0.15, 0.2) is 5.78 Å². The lowest BCUT2D eigenvalue weighted by molar-refractivity contribution is 0.0693. The molecule has 5 heteroatoms. The van der Waals surface area contributed by atoms with Crippen LogP contribution in [0, 0.1) is 0 Å². The number of aromatic carboxylic acids is 1. The van der Waals surface area contributed by atoms with Gasteiger partial charge in [0.05, 0.1) is 12.7 Å². The van der Waals surface area contributed by atoms with E-state index in [0.717, 1.165) is 0 Å². The van der Waals surface area contributed by atoms with Gasteiger partial charge in [0.25, 0.3) is 0 Å². The maximum absolute atomic E-state index is 12.5. The summed E-state index contributed by atoms with van der Waals surface area (Å²) in [7, 11) is 1.48. The minimum Gasteiger partial charge on any atom is -0.497 e. The van der Waals surface area contributed by atoms with Crippen molar-refractivity contribution in [2.45, 2.75) is 0 Å². The first-order valence-electron chi connectivity index (χ1n) is 5.85. The predicted octanol–water partition coefficient (Wildman–Crippen LogP) is 2.21. The first kappa shape index (κ1) is 13.6. The Balaban J connectivity index is 2.54. The molecular weight excluding hydrogens is 258 g/mol. The van der Waals surface area contributed by atoms with E-state index >= 15 is 0 Å². The third kappa shape index (κ3) is 2.47. The summed E-state index contributed by atoms with van der Waals surface area (Å²) in [6.07, 6.45) is 0. The number of ketones is 1. The maximum atomic E-state index is 12.5. The van der Waals surface area contributed by atoms with Gasteiger partial charge >= 0.3 is 5.97 Å². The summed E-state index contributed by atoms with van der Waals surface area (Å²) < 4.78 is 5.05. The lowest BCUT2D eigenvalue weighted by Crippen LogP contribution is -2.11. The van der Waals surface area contributed by atoms with E-state index in [0.29, 0.717) is 5.75 Å². The molecule has 0 aliphatic heterocycles. The van der Waals surface area contributed by atoms with Crippen molar-refractivity contribution in [3.63, 3.8) is 0 Å². The SMILES string of the molecule is COc1ccc(N)c(C(=O)c2ccccc2C(=O)O)c1. The molecule has 2 rings (SSSR count). The molecule has 0 spiro atoms. The summed E-state index contributed by atoms with van der Waals surface area (Å²) >= 11 is 0. The van der Waals surface area contributed by atoms with Crippen LogP contribution in [0.15, 0.2) is 42.5 Å². The number of carboxylic acids is 1. The molecule has 0 bridgehead atoms. The zero-order valence-electron chi connectivity index (χ0n) is 10.8. The van der Waals surface area contributed by atoms with Gasteiger partial charge in [-0.25, -0.2) is 4.79 Å². The number of hydrogen-bond donors (Lipinski definition) is 2. The van der Waals surface area contributed by atoms with Crippen LogP contribution in [0.3, 0.4) is 0 Å². The fourth-order valence-corrected chi connectivity index (χ4v) is 1.87. The monoisotopic (exact) mass is 271 g/mol. The van der Waals surface area contributed by atoms with E-state index in [1.54, 1.807) is 24.3 Å². The molecule has 102 valence electrons. The van der Waals surface area contributed by atoms with E-state index in [1.165, 1.54) is 25.3 Å². The lowest BCUT2D eigenvalue weighted by atomic mass is 9.97. The number of carboxylic acid groups (broad SMARTS) is 1. The normalized spacial score (nSPS) is 10.1. The Morgan fingerprint density at radius 3 is 2.30 bits per heavy atom. The van der Waals surface area contributed by atoms with Gasteiger partial charge < -0.3 is 15.6 Å². The second-order valence-electron chi connectivity index (χ2n) is 4.13. The summed E-state index contributed by atoms with van der Waals surface area (Å²) in [6, 6.07) is 10.7. The number of ether oxygens (including phenoxy) is 1. The van der Waals surface area contributed by atoms with E-state index in [1.807, 2.05) is 0 Å². The van der Waals surface area contributed by atoms with Gasteiger partial charge in [0, 0.05) is 16.8 Å². The maximum Gasteiger partial charge on any atom is 0.336 e. The smallest absolute Gasteiger partial charge is 0.336 e. The van der Waals surface area contributed by atoms with E-state index in [2.05, 4.69) is 0 Å². The topological polar surface area (TPSA) is 89.6 Å². The number of benzene rings is 2. The Kier molecular flexibility index (Phi) is 3.70. The highest BCUT2D eigenvalue weighted by Crippen LogP contribution is 2.23. The molecule has 20 heavy (non-hydrogen) atoms. The third-order valence-electron chi connectivity index (χ3n) is 2.91. The zero-order valence-corrected chi connectivity index (χ0v) is 10.8. The summed E-state index contributed by atoms with van der Waals surface area (Å²) in [4.78, 5) is 23.6. The minimum absolute atomic E-state index is 0.0558. The van der Waals surface area contributed by atoms with Crippen molar-refractivity contribution in [3.05, 3.63) is 59.2 Å². The number of carbonyl (C=O) groups excluding carboxylic acids is 1. The number of anilines is 1. The van der Waals surface area contributed by atoms with Crippen molar-refractivity contribution in [2.24, 2.45) is 0 Å². The van der Waals surface area contributed by atoms with Gasteiger partial charge in [-0.1, -0.05) is 18.2 Å². The highest BCUT2D eigenvalue weighted by Gasteiger charge is 2.19. The van der Waals surface area contributed by atoms with Crippen LogP contribution in [-0.2, 0) is 0 Å². The van der Waals surface area contributed by atoms with Crippen molar-refractivity contribution in [2.75, 3.05) is 12.8 Å². The second kappa shape index (κ2) is 5.44. The average Bonchev–Trinajstić information content (AvgIpc) is 2.47. The largest absolute Gasteiger partial charge is 0.497 e. The molecule has 0 fully saturated rings. The van der Waals surface area contributed by atoms with Crippen molar-refractivity contribution in [3.8, 4) is 5.75 Å². The number of nitrogen functional groups attached to an aromatic ring is 1. The average molecular weight is 271 g/mol. The lowest BCUT2D eigenvalue weighted by Gasteiger charge is -2.09. The van der Waals surface area contributed by atoms with E-state index in [9.17, 15) is 9.59 Å². The molecule has 0 atom stereocenters. The van der Waals surface area contributed by atoms with Crippen molar-refractivity contribution >= 4 is 17.4 Å². The molecule has 2 aromatic carbocycles. The molecule has 0 saturated carbocycles. The van der Waals surface area contributed by atoms with Gasteiger partial charge in [0.2, 0.25) is 0 Å². The van der Waals surface area contributed by atoms with Gasteiger partial charge in [-0.15, -0.1) is 0 Å². The van der Waals surface area contributed by atoms with Crippen LogP contribution in [0.1, 0.15) is 26.3 Å². The van der Waals surface area contributed by atoms with Crippen LogP contribution in [0.5, 0.6) is 5.75 Å². The van der Waals surface area contributed by atoms with Crippen molar-refractivity contribution in [1.82, 2.24) is 0 Å². The first-order chi connectivity index (χ1) is 9.54. The van der Waals surface area contributed by atoms with Crippen molar-refractivity contribution in [1.29, 1.82) is 0 Å². The predicted molar refractivity (Wildman–Crippen MR) is 74.2 cm³/mol. The number of carbonyl (C=O) groups is 2. The Morgan fingerprint density at radius 2 is 1.70 bits per heavy atom. The van der Waals surface area contributed by atoms with Gasteiger partial charge in [0.1, 0.15) is 5.75 Å². The Hall–Kier alpha value is -2.82. The summed E-state index contributed by atoms with van der Waals surface area (Å²) in [6.45, 7) is 0. The standard InChI is InChI=1S/C15H13NO4/c1-20-9-6-7-13(16)12(8-9)14(17)10-4-2-3-5-11(10)15(18)19/h2-8H,16H2,1H3,(H,18,19). The Bertz CT molecular complexity index is 679. The summed E-state index contributed by atoms with van der Waals surface area (Å²) in [5.74, 6) is -1.12. The van der Waals surface area contributed by atoms with Crippen LogP contribution in [0.2, 0.25) is 0 Å². The quantitative estimate of drug-likeness (QED) is 0.657. The number of rotatable bonds is 4. The van der Waals surface area contributed by atoms with E-state index < -0.39 is 11.8 Å². The molecular formula is C15H13NO4. The fourth-order valence-electron chi connectivity index (χ4n) is 1.87. The number of nitrogens with two attached hydrogens (primary N) is 1. The Labute approximate surface area is 115 Å². The molecule has 0 heterocycles. The van der Waals surface area contributed by atoms with Gasteiger partial charge in [-0.2, -0.15) is 0 Å². The number of methoxy groups -OCH3 is 1. The molecule has 3 N–H and O–H groups in total. The summed E-state index contributed by atoms with van der Waals surface area (Å²) in [5.41, 5.74) is 6.32. The molecule has 0 aromatic heterocycles. The molecule has 2 aromatic rings. The molecule has 0 unspecified atom stereocenters. The van der Waals surface area contributed by atoms with Crippen LogP contribution < -0.4 is 10.5 Å². The number of hydrogen-bond acceptors (Lipinski definition) is 4. The van der Waals surface area contributed by atoms with Gasteiger partial charge in [-0.3, -0.25) is 4.79 Å². The molecule has 5 nitrogen and oxygen atoms in total. The van der Waals surface area contributed by atoms with Crippen LogP contribution in [0.25, 0.3) is 0 Å². The highest BCUT2D eigenvalue weighted by atomic mass is 16.5. The Morgan fingerprint density at radius 1 is 1.05 bits per heavy atom. The molecule has 0 amide bonds. The van der Waals surface area contributed by atoms with Crippen molar-refractivity contribution < 1.29 is 19.4 Å².